The SMILES string of the molecule is Cc1cccc(N2CCN([C@@H]3CS(=O)(=O)C[C@@H]3O)CC2)c1. The van der Waals surface area contributed by atoms with Gasteiger partial charge in [-0.3, -0.25) is 4.90 Å². The molecular weight excluding hydrogens is 288 g/mol. The maximum absolute atomic E-state index is 11.6. The van der Waals surface area contributed by atoms with Gasteiger partial charge in [-0.25, -0.2) is 8.42 Å². The molecule has 1 aromatic carbocycles. The van der Waals surface area contributed by atoms with Gasteiger partial charge < -0.3 is 10.0 Å². The molecular formula is C15H22N2O3S. The van der Waals surface area contributed by atoms with Gasteiger partial charge in [-0.05, 0) is 24.6 Å². The average molecular weight is 310 g/mol. The van der Waals surface area contributed by atoms with Crippen molar-refractivity contribution < 1.29 is 13.5 Å². The highest BCUT2D eigenvalue weighted by molar-refractivity contribution is 7.91. The lowest BCUT2D eigenvalue weighted by molar-refractivity contribution is 0.0793. The summed E-state index contributed by atoms with van der Waals surface area (Å²) in [6, 6.07) is 8.20. The van der Waals surface area contributed by atoms with Crippen LogP contribution in [0.25, 0.3) is 0 Å². The van der Waals surface area contributed by atoms with Gasteiger partial charge in [0.1, 0.15) is 0 Å². The monoisotopic (exact) mass is 310 g/mol. The highest BCUT2D eigenvalue weighted by Crippen LogP contribution is 2.22. The van der Waals surface area contributed by atoms with Gasteiger partial charge in [0.2, 0.25) is 0 Å². The van der Waals surface area contributed by atoms with Gasteiger partial charge in [-0.1, -0.05) is 12.1 Å². The molecule has 1 aromatic rings. The van der Waals surface area contributed by atoms with E-state index >= 15 is 0 Å². The second kappa shape index (κ2) is 5.59. The Balaban J connectivity index is 1.63. The normalized spacial score (nSPS) is 29.7. The average Bonchev–Trinajstić information content (AvgIpc) is 2.72. The molecule has 2 heterocycles. The van der Waals surface area contributed by atoms with Crippen molar-refractivity contribution in [2.24, 2.45) is 0 Å². The van der Waals surface area contributed by atoms with Gasteiger partial charge in [0.15, 0.2) is 9.84 Å². The summed E-state index contributed by atoms with van der Waals surface area (Å²) >= 11 is 0. The molecule has 5 nitrogen and oxygen atoms in total. The zero-order valence-corrected chi connectivity index (χ0v) is 13.1. The number of hydrogen-bond acceptors (Lipinski definition) is 5. The van der Waals surface area contributed by atoms with Crippen molar-refractivity contribution in [3.05, 3.63) is 29.8 Å². The Bertz CT molecular complexity index is 609. The van der Waals surface area contributed by atoms with E-state index in [2.05, 4.69) is 41.0 Å². The number of aliphatic hydroxyl groups excluding tert-OH is 1. The fraction of sp³-hybridized carbons (Fsp3) is 0.600. The van der Waals surface area contributed by atoms with E-state index in [4.69, 9.17) is 0 Å². The largest absolute Gasteiger partial charge is 0.390 e. The number of anilines is 1. The standard InChI is InChI=1S/C15H22N2O3S/c1-12-3-2-4-13(9-12)16-5-7-17(8-6-16)14-10-21(19,20)11-15(14)18/h2-4,9,14-15,18H,5-8,10-11H2,1H3/t14-,15+/m1/s1. The number of aliphatic hydroxyl groups is 1. The Morgan fingerprint density at radius 3 is 2.43 bits per heavy atom. The van der Waals surface area contributed by atoms with E-state index in [1.807, 2.05) is 0 Å². The minimum absolute atomic E-state index is 0.0875. The summed E-state index contributed by atoms with van der Waals surface area (Å²) in [5.74, 6) is 0.00831. The molecule has 2 atom stereocenters. The van der Waals surface area contributed by atoms with Crippen LogP contribution in [0, 0.1) is 6.92 Å². The Morgan fingerprint density at radius 2 is 1.86 bits per heavy atom. The van der Waals surface area contributed by atoms with Crippen molar-refractivity contribution in [1.82, 2.24) is 4.90 Å². The van der Waals surface area contributed by atoms with Crippen LogP contribution in [0.5, 0.6) is 0 Å². The molecule has 116 valence electrons. The number of piperazine rings is 1. The zero-order valence-electron chi connectivity index (χ0n) is 12.3. The van der Waals surface area contributed by atoms with Crippen LogP contribution in [-0.4, -0.2) is 68.3 Å². The third kappa shape index (κ3) is 3.22. The van der Waals surface area contributed by atoms with E-state index in [-0.39, 0.29) is 17.5 Å². The first-order valence-electron chi connectivity index (χ1n) is 7.39. The third-order valence-electron chi connectivity index (χ3n) is 4.44. The van der Waals surface area contributed by atoms with E-state index in [0.717, 1.165) is 26.2 Å². The Morgan fingerprint density at radius 1 is 1.14 bits per heavy atom. The van der Waals surface area contributed by atoms with Gasteiger partial charge in [-0.2, -0.15) is 0 Å². The topological polar surface area (TPSA) is 60.9 Å². The van der Waals surface area contributed by atoms with E-state index in [1.165, 1.54) is 11.3 Å². The third-order valence-corrected chi connectivity index (χ3v) is 6.14. The summed E-state index contributed by atoms with van der Waals surface area (Å²) in [6.45, 7) is 5.41. The number of hydrogen-bond donors (Lipinski definition) is 1. The van der Waals surface area contributed by atoms with Crippen molar-refractivity contribution in [2.75, 3.05) is 42.6 Å². The molecule has 21 heavy (non-hydrogen) atoms. The summed E-state index contributed by atoms with van der Waals surface area (Å²) in [7, 11) is -3.07. The van der Waals surface area contributed by atoms with Gasteiger partial charge >= 0.3 is 0 Å². The number of benzene rings is 1. The maximum atomic E-state index is 11.6. The molecule has 2 aliphatic rings. The van der Waals surface area contributed by atoms with Crippen LogP contribution < -0.4 is 4.90 Å². The Hall–Kier alpha value is -1.11. The van der Waals surface area contributed by atoms with Crippen LogP contribution in [-0.2, 0) is 9.84 Å². The van der Waals surface area contributed by atoms with Crippen molar-refractivity contribution in [3.8, 4) is 0 Å². The van der Waals surface area contributed by atoms with E-state index < -0.39 is 15.9 Å². The number of nitrogens with zero attached hydrogens (tertiary/aromatic N) is 2. The van der Waals surface area contributed by atoms with Crippen molar-refractivity contribution >= 4 is 15.5 Å². The summed E-state index contributed by atoms with van der Waals surface area (Å²) in [5.41, 5.74) is 2.46. The summed E-state index contributed by atoms with van der Waals surface area (Å²) in [4.78, 5) is 4.45. The first kappa shape index (κ1) is 14.8. The molecule has 0 unspecified atom stereocenters. The molecule has 0 aromatic heterocycles. The lowest BCUT2D eigenvalue weighted by Gasteiger charge is -2.39. The van der Waals surface area contributed by atoms with Crippen LogP contribution >= 0.6 is 0 Å². The van der Waals surface area contributed by atoms with Crippen LogP contribution in [0.1, 0.15) is 5.56 Å². The molecule has 0 spiro atoms. The molecule has 1 N–H and O–H groups in total. The first-order valence-corrected chi connectivity index (χ1v) is 9.21. The molecule has 2 fully saturated rings. The van der Waals surface area contributed by atoms with Gasteiger partial charge in [0.05, 0.1) is 23.7 Å². The second-order valence-electron chi connectivity index (χ2n) is 6.07. The Kier molecular flexibility index (Phi) is 3.94. The summed E-state index contributed by atoms with van der Waals surface area (Å²) in [6.07, 6.45) is -0.736. The molecule has 0 bridgehead atoms. The molecule has 0 saturated carbocycles. The van der Waals surface area contributed by atoms with E-state index in [9.17, 15) is 13.5 Å². The van der Waals surface area contributed by atoms with E-state index in [1.54, 1.807) is 0 Å². The van der Waals surface area contributed by atoms with Crippen LogP contribution in [0.15, 0.2) is 24.3 Å². The number of aryl methyl sites for hydroxylation is 1. The van der Waals surface area contributed by atoms with Crippen LogP contribution in [0.2, 0.25) is 0 Å². The van der Waals surface area contributed by atoms with Crippen LogP contribution in [0.3, 0.4) is 0 Å². The number of sulfone groups is 1. The quantitative estimate of drug-likeness (QED) is 0.850. The van der Waals surface area contributed by atoms with Gasteiger partial charge in [0, 0.05) is 31.9 Å². The molecule has 2 aliphatic heterocycles. The summed E-state index contributed by atoms with van der Waals surface area (Å²) < 4.78 is 23.2. The first-order chi connectivity index (χ1) is 9.94. The van der Waals surface area contributed by atoms with E-state index in [0.29, 0.717) is 0 Å². The molecule has 0 radical (unpaired) electrons. The Labute approximate surface area is 126 Å². The van der Waals surface area contributed by atoms with Crippen LogP contribution in [0.4, 0.5) is 5.69 Å². The smallest absolute Gasteiger partial charge is 0.154 e. The molecule has 0 aliphatic carbocycles. The molecule has 0 amide bonds. The summed E-state index contributed by atoms with van der Waals surface area (Å²) in [5, 5.41) is 9.96. The predicted molar refractivity (Wildman–Crippen MR) is 83.4 cm³/mol. The fourth-order valence-electron chi connectivity index (χ4n) is 3.30. The number of rotatable bonds is 2. The lowest BCUT2D eigenvalue weighted by atomic mass is 10.1. The van der Waals surface area contributed by atoms with Crippen molar-refractivity contribution in [3.63, 3.8) is 0 Å². The van der Waals surface area contributed by atoms with Crippen molar-refractivity contribution in [1.29, 1.82) is 0 Å². The van der Waals surface area contributed by atoms with Gasteiger partial charge in [-0.15, -0.1) is 0 Å². The molecule has 3 rings (SSSR count). The predicted octanol–water partition coefficient (Wildman–Crippen LogP) is 0.275. The fourth-order valence-corrected chi connectivity index (χ4v) is 5.13. The molecule has 2 saturated heterocycles. The van der Waals surface area contributed by atoms with Crippen molar-refractivity contribution in [2.45, 2.75) is 19.1 Å². The second-order valence-corrected chi connectivity index (χ2v) is 8.23. The highest BCUT2D eigenvalue weighted by atomic mass is 32.2. The highest BCUT2D eigenvalue weighted by Gasteiger charge is 2.40. The minimum atomic E-state index is -3.07. The lowest BCUT2D eigenvalue weighted by Crippen LogP contribution is -2.53. The maximum Gasteiger partial charge on any atom is 0.154 e. The minimum Gasteiger partial charge on any atom is -0.390 e. The molecule has 6 heteroatoms. The van der Waals surface area contributed by atoms with Gasteiger partial charge in [0.25, 0.3) is 0 Å². The zero-order chi connectivity index (χ0) is 15.0.